The summed E-state index contributed by atoms with van der Waals surface area (Å²) in [6.45, 7) is 0. The number of amides is 1. The molecule has 3 aliphatic rings. The van der Waals surface area contributed by atoms with Gasteiger partial charge in [0.15, 0.2) is 5.17 Å². The van der Waals surface area contributed by atoms with E-state index in [0.717, 1.165) is 34.2 Å². The molecule has 2 fully saturated rings. The number of hydrogen-bond acceptors (Lipinski definition) is 5. The summed E-state index contributed by atoms with van der Waals surface area (Å²) in [4.78, 5) is 26.0. The summed E-state index contributed by atoms with van der Waals surface area (Å²) in [5.41, 5.74) is 4.35. The molecule has 2 aliphatic heterocycles. The second kappa shape index (κ2) is 9.59. The van der Waals surface area contributed by atoms with Gasteiger partial charge in [0.2, 0.25) is 0 Å². The van der Waals surface area contributed by atoms with Crippen LogP contribution in [0.4, 0.5) is 17.1 Å². The van der Waals surface area contributed by atoms with Crippen molar-refractivity contribution in [3.63, 3.8) is 0 Å². The monoisotopic (exact) mass is 497 g/mol. The average Bonchev–Trinajstić information content (AvgIpc) is 3.19. The number of fused-ring (bicyclic) bond motifs is 2. The number of para-hydroxylation sites is 2. The van der Waals surface area contributed by atoms with Gasteiger partial charge < -0.3 is 4.90 Å². The second-order valence-corrected chi connectivity index (χ2v) is 11.3. The molecular formula is C29H27N3OS2. The molecule has 6 heteroatoms. The van der Waals surface area contributed by atoms with E-state index in [4.69, 9.17) is 4.99 Å². The molecule has 0 atom stereocenters. The van der Waals surface area contributed by atoms with Crippen LogP contribution >= 0.6 is 23.5 Å². The molecule has 0 spiro atoms. The Balaban J connectivity index is 1.34. The summed E-state index contributed by atoms with van der Waals surface area (Å²) in [5, 5.41) is 0.806. The first-order chi connectivity index (χ1) is 17.2. The predicted octanol–water partition coefficient (Wildman–Crippen LogP) is 7.86. The molecule has 0 bridgehead atoms. The third kappa shape index (κ3) is 4.41. The number of anilines is 2. The number of rotatable bonds is 3. The van der Waals surface area contributed by atoms with Gasteiger partial charge in [-0.1, -0.05) is 67.4 Å². The lowest BCUT2D eigenvalue weighted by Gasteiger charge is -2.30. The zero-order valence-electron chi connectivity index (χ0n) is 19.7. The van der Waals surface area contributed by atoms with E-state index in [1.807, 2.05) is 41.3 Å². The number of thioether (sulfide) groups is 1. The van der Waals surface area contributed by atoms with Gasteiger partial charge in [0.1, 0.15) is 0 Å². The van der Waals surface area contributed by atoms with E-state index in [0.29, 0.717) is 0 Å². The molecule has 3 aromatic carbocycles. The quantitative estimate of drug-likeness (QED) is 0.345. The van der Waals surface area contributed by atoms with Crippen molar-refractivity contribution in [2.75, 3.05) is 11.9 Å². The highest BCUT2D eigenvalue weighted by Crippen LogP contribution is 2.48. The number of hydrogen-bond donors (Lipinski definition) is 0. The van der Waals surface area contributed by atoms with Gasteiger partial charge in [-0.3, -0.25) is 9.69 Å². The zero-order valence-corrected chi connectivity index (χ0v) is 21.3. The second-order valence-electron chi connectivity index (χ2n) is 9.16. The van der Waals surface area contributed by atoms with Gasteiger partial charge >= 0.3 is 0 Å². The SMILES string of the molecule is CN1c2ccccc2Sc2cc(/C=C3/SC(=Nc4ccccc4)N(C4CCCCC4)C3=O)ccc21. The fourth-order valence-corrected chi connectivity index (χ4v) is 7.29. The van der Waals surface area contributed by atoms with Crippen LogP contribution in [0.1, 0.15) is 37.7 Å². The summed E-state index contributed by atoms with van der Waals surface area (Å²) in [5.74, 6) is 0.0874. The van der Waals surface area contributed by atoms with Crippen molar-refractivity contribution in [2.24, 2.45) is 4.99 Å². The molecule has 0 N–H and O–H groups in total. The number of aliphatic imine (C=N–C) groups is 1. The van der Waals surface area contributed by atoms with Crippen LogP contribution in [0.3, 0.4) is 0 Å². The van der Waals surface area contributed by atoms with Gasteiger partial charge in [0.25, 0.3) is 5.91 Å². The Labute approximate surface area is 215 Å². The summed E-state index contributed by atoms with van der Waals surface area (Å²) >= 11 is 3.29. The molecule has 0 aromatic heterocycles. The fraction of sp³-hybridized carbons (Fsp3) is 0.241. The highest BCUT2D eigenvalue weighted by molar-refractivity contribution is 8.18. The van der Waals surface area contributed by atoms with E-state index in [-0.39, 0.29) is 11.9 Å². The number of carbonyl (C=O) groups excluding carboxylic acids is 1. The lowest BCUT2D eigenvalue weighted by Crippen LogP contribution is -2.40. The van der Waals surface area contributed by atoms with Crippen LogP contribution in [-0.2, 0) is 4.79 Å². The Hall–Kier alpha value is -2.96. The van der Waals surface area contributed by atoms with E-state index in [1.165, 1.54) is 52.2 Å². The highest BCUT2D eigenvalue weighted by Gasteiger charge is 2.38. The molecule has 0 unspecified atom stereocenters. The van der Waals surface area contributed by atoms with Crippen molar-refractivity contribution in [3.05, 3.63) is 83.3 Å². The highest BCUT2D eigenvalue weighted by atomic mass is 32.2. The summed E-state index contributed by atoms with van der Waals surface area (Å²) in [6, 6.07) is 25.1. The van der Waals surface area contributed by atoms with Crippen molar-refractivity contribution in [1.29, 1.82) is 0 Å². The van der Waals surface area contributed by atoms with E-state index in [1.54, 1.807) is 11.8 Å². The largest absolute Gasteiger partial charge is 0.343 e. The third-order valence-corrected chi connectivity index (χ3v) is 8.94. The number of amidine groups is 1. The van der Waals surface area contributed by atoms with E-state index in [9.17, 15) is 4.79 Å². The predicted molar refractivity (Wildman–Crippen MR) is 148 cm³/mol. The van der Waals surface area contributed by atoms with Crippen molar-refractivity contribution in [3.8, 4) is 0 Å². The first kappa shape index (κ1) is 22.5. The van der Waals surface area contributed by atoms with Crippen molar-refractivity contribution >= 4 is 57.7 Å². The maximum Gasteiger partial charge on any atom is 0.267 e. The van der Waals surface area contributed by atoms with Crippen molar-refractivity contribution in [1.82, 2.24) is 4.90 Å². The van der Waals surface area contributed by atoms with Gasteiger partial charge in [0, 0.05) is 22.9 Å². The topological polar surface area (TPSA) is 35.9 Å². The van der Waals surface area contributed by atoms with Gasteiger partial charge in [0.05, 0.1) is 22.0 Å². The molecule has 3 aromatic rings. The molecule has 2 heterocycles. The van der Waals surface area contributed by atoms with Gasteiger partial charge in [-0.15, -0.1) is 0 Å². The maximum atomic E-state index is 13.7. The molecule has 1 amide bonds. The molecule has 1 saturated carbocycles. The normalized spacial score (nSPS) is 20.4. The molecule has 1 aliphatic carbocycles. The first-order valence-corrected chi connectivity index (χ1v) is 13.8. The number of nitrogens with zero attached hydrogens (tertiary/aromatic N) is 3. The van der Waals surface area contributed by atoms with Crippen LogP contribution in [0.5, 0.6) is 0 Å². The minimum absolute atomic E-state index is 0.0874. The van der Waals surface area contributed by atoms with E-state index < -0.39 is 0 Å². The fourth-order valence-electron chi connectivity index (χ4n) is 5.04. The summed E-state index contributed by atoms with van der Waals surface area (Å²) < 4.78 is 0. The van der Waals surface area contributed by atoms with Crippen LogP contribution in [0.15, 0.2) is 92.5 Å². The van der Waals surface area contributed by atoms with Crippen LogP contribution < -0.4 is 4.90 Å². The molecular weight excluding hydrogens is 470 g/mol. The van der Waals surface area contributed by atoms with Crippen LogP contribution in [0.25, 0.3) is 6.08 Å². The van der Waals surface area contributed by atoms with Gasteiger partial charge in [-0.2, -0.15) is 0 Å². The molecule has 35 heavy (non-hydrogen) atoms. The Morgan fingerprint density at radius 1 is 0.857 bits per heavy atom. The van der Waals surface area contributed by atoms with Crippen molar-refractivity contribution in [2.45, 2.75) is 47.9 Å². The summed E-state index contributed by atoms with van der Waals surface area (Å²) in [7, 11) is 2.11. The third-order valence-electron chi connectivity index (χ3n) is 6.85. The zero-order chi connectivity index (χ0) is 23.8. The molecule has 176 valence electrons. The number of carbonyl (C=O) groups is 1. The van der Waals surface area contributed by atoms with Crippen LogP contribution in [-0.4, -0.2) is 29.1 Å². The minimum Gasteiger partial charge on any atom is -0.343 e. The van der Waals surface area contributed by atoms with Crippen LogP contribution in [0, 0.1) is 0 Å². The first-order valence-electron chi connectivity index (χ1n) is 12.2. The van der Waals surface area contributed by atoms with Gasteiger partial charge in [-0.25, -0.2) is 4.99 Å². The van der Waals surface area contributed by atoms with E-state index in [2.05, 4.69) is 54.4 Å². The molecule has 4 nitrogen and oxygen atoms in total. The lowest BCUT2D eigenvalue weighted by atomic mass is 9.94. The Kier molecular flexibility index (Phi) is 6.17. The Bertz CT molecular complexity index is 1330. The minimum atomic E-state index is 0.0874. The standard InChI is InChI=1S/C29H27N3OS2/c1-31-23-14-8-9-15-25(23)34-26-18-20(16-17-24(26)31)19-27-28(33)32(22-12-6-3-7-13-22)29(35-27)30-21-10-4-2-5-11-21/h2,4-5,8-11,14-19,22H,3,6-7,12-13H2,1H3/b27-19+,30-29?. The van der Waals surface area contributed by atoms with Crippen molar-refractivity contribution < 1.29 is 4.79 Å². The maximum absolute atomic E-state index is 13.7. The molecule has 6 rings (SSSR count). The van der Waals surface area contributed by atoms with Gasteiger partial charge in [-0.05, 0) is 72.6 Å². The smallest absolute Gasteiger partial charge is 0.267 e. The number of benzene rings is 3. The molecule has 0 radical (unpaired) electrons. The lowest BCUT2D eigenvalue weighted by molar-refractivity contribution is -0.124. The molecule has 1 saturated heterocycles. The average molecular weight is 498 g/mol. The van der Waals surface area contributed by atoms with E-state index >= 15 is 0 Å². The van der Waals surface area contributed by atoms with Crippen LogP contribution in [0.2, 0.25) is 0 Å². The Morgan fingerprint density at radius 3 is 2.43 bits per heavy atom. The Morgan fingerprint density at radius 2 is 1.60 bits per heavy atom. The summed E-state index contributed by atoms with van der Waals surface area (Å²) in [6.07, 6.45) is 7.74.